The molecule has 3 aromatic carbocycles. The second kappa shape index (κ2) is 10.9. The van der Waals surface area contributed by atoms with Crippen LogP contribution >= 0.6 is 22.9 Å². The van der Waals surface area contributed by atoms with Crippen molar-refractivity contribution in [1.29, 1.82) is 0 Å². The van der Waals surface area contributed by atoms with Gasteiger partial charge in [-0.1, -0.05) is 29.0 Å². The minimum absolute atomic E-state index is 0.0175. The molecule has 1 aromatic heterocycles. The molecular weight excluding hydrogens is 536 g/mol. The van der Waals surface area contributed by atoms with Gasteiger partial charge in [-0.05, 0) is 60.2 Å². The Labute approximate surface area is 225 Å². The molecule has 7 nitrogen and oxygen atoms in total. The predicted molar refractivity (Wildman–Crippen MR) is 142 cm³/mol. The summed E-state index contributed by atoms with van der Waals surface area (Å²) in [6.07, 6.45) is -0.953. The van der Waals surface area contributed by atoms with E-state index in [4.69, 9.17) is 21.4 Å². The van der Waals surface area contributed by atoms with E-state index in [2.05, 4.69) is 10.3 Å². The van der Waals surface area contributed by atoms with Crippen molar-refractivity contribution >= 4 is 55.8 Å². The number of fused-ring (bicyclic) bond motifs is 1. The molecule has 11 heteroatoms. The Morgan fingerprint density at radius 3 is 2.68 bits per heavy atom. The number of nitrogens with zero attached hydrogens (tertiary/aromatic N) is 2. The Kier molecular flexibility index (Phi) is 7.44. The molecule has 0 bridgehead atoms. The number of thiazole rings is 1. The number of aromatic carboxylic acids is 1. The van der Waals surface area contributed by atoms with Crippen molar-refractivity contribution in [2.24, 2.45) is 0 Å². The van der Waals surface area contributed by atoms with Crippen LogP contribution in [-0.4, -0.2) is 52.2 Å². The van der Waals surface area contributed by atoms with Gasteiger partial charge in [-0.3, -0.25) is 4.79 Å². The molecule has 1 fully saturated rings. The van der Waals surface area contributed by atoms with E-state index < -0.39 is 18.2 Å². The summed E-state index contributed by atoms with van der Waals surface area (Å²) in [6.45, 7) is 0.0741. The average molecular weight is 558 g/mol. The zero-order valence-electron chi connectivity index (χ0n) is 19.9. The average Bonchev–Trinajstić information content (AvgIpc) is 3.46. The van der Waals surface area contributed by atoms with Crippen molar-refractivity contribution in [1.82, 2.24) is 9.88 Å². The van der Waals surface area contributed by atoms with Gasteiger partial charge < -0.3 is 20.1 Å². The fourth-order valence-electron chi connectivity index (χ4n) is 4.32. The number of anilines is 2. The molecule has 38 heavy (non-hydrogen) atoms. The van der Waals surface area contributed by atoms with Crippen LogP contribution in [0.2, 0.25) is 5.02 Å². The van der Waals surface area contributed by atoms with Crippen molar-refractivity contribution in [3.05, 3.63) is 82.6 Å². The molecule has 2 N–H and O–H groups in total. The Hall–Kier alpha value is -3.76. The molecule has 1 aliphatic heterocycles. The molecule has 0 spiro atoms. The highest BCUT2D eigenvalue weighted by Crippen LogP contribution is 2.32. The number of rotatable bonds is 8. The first-order valence-electron chi connectivity index (χ1n) is 11.8. The quantitative estimate of drug-likeness (QED) is 0.272. The van der Waals surface area contributed by atoms with Crippen LogP contribution in [0.3, 0.4) is 0 Å². The van der Waals surface area contributed by atoms with Crippen LogP contribution in [0.1, 0.15) is 22.3 Å². The van der Waals surface area contributed by atoms with E-state index in [-0.39, 0.29) is 43.3 Å². The second-order valence-electron chi connectivity index (χ2n) is 8.92. The second-order valence-corrected chi connectivity index (χ2v) is 10.4. The van der Waals surface area contributed by atoms with Gasteiger partial charge in [-0.25, -0.2) is 18.6 Å². The molecule has 0 saturated carbocycles. The van der Waals surface area contributed by atoms with Crippen molar-refractivity contribution in [3.63, 3.8) is 0 Å². The van der Waals surface area contributed by atoms with E-state index in [1.165, 1.54) is 52.6 Å². The summed E-state index contributed by atoms with van der Waals surface area (Å²) < 4.78 is 34.1. The summed E-state index contributed by atoms with van der Waals surface area (Å²) in [7, 11) is 0. The van der Waals surface area contributed by atoms with E-state index in [0.29, 0.717) is 37.4 Å². The van der Waals surface area contributed by atoms with Crippen molar-refractivity contribution in [3.8, 4) is 5.75 Å². The Morgan fingerprint density at radius 1 is 1.16 bits per heavy atom. The number of carbonyl (C=O) groups is 2. The van der Waals surface area contributed by atoms with Gasteiger partial charge in [0.15, 0.2) is 5.13 Å². The van der Waals surface area contributed by atoms with Gasteiger partial charge in [-0.2, -0.15) is 0 Å². The van der Waals surface area contributed by atoms with Crippen molar-refractivity contribution in [2.45, 2.75) is 25.1 Å². The van der Waals surface area contributed by atoms with Crippen LogP contribution in [-0.2, 0) is 11.2 Å². The molecular formula is C27H22ClF2N3O4S. The maximum absolute atomic E-state index is 14.2. The lowest BCUT2D eigenvalue weighted by molar-refractivity contribution is -0.132. The third kappa shape index (κ3) is 5.87. The number of likely N-dealkylation sites (tertiary alicyclic amines) is 1. The number of hydrogen-bond donors (Lipinski definition) is 2. The molecule has 4 aromatic rings. The molecule has 2 atom stereocenters. The van der Waals surface area contributed by atoms with E-state index >= 15 is 0 Å². The van der Waals surface area contributed by atoms with Crippen LogP contribution in [0.4, 0.5) is 19.6 Å². The van der Waals surface area contributed by atoms with E-state index in [9.17, 15) is 18.4 Å². The first kappa shape index (κ1) is 25.9. The van der Waals surface area contributed by atoms with Crippen LogP contribution < -0.4 is 10.1 Å². The standard InChI is InChI=1S/C27H22ClF2N3O4S/c28-21-9-15(1-7-22(21)31-27-32-23-8-4-17(29)12-24(23)38-27)10-25(34)33-13-18(30)11-19(33)14-37-20-5-2-16(3-6-20)26(35)36/h1-9,12,18-19H,10-11,13-14H2,(H,31,32)(H,35,36)/t18-,19-/m0/s1. The van der Waals surface area contributed by atoms with Crippen LogP contribution in [0.25, 0.3) is 10.2 Å². The van der Waals surface area contributed by atoms with Gasteiger partial charge in [0, 0.05) is 6.42 Å². The lowest BCUT2D eigenvalue weighted by Gasteiger charge is -2.24. The first-order valence-corrected chi connectivity index (χ1v) is 13.0. The third-order valence-electron chi connectivity index (χ3n) is 6.21. The zero-order chi connectivity index (χ0) is 26.8. The van der Waals surface area contributed by atoms with Gasteiger partial charge in [0.2, 0.25) is 5.91 Å². The van der Waals surface area contributed by atoms with Gasteiger partial charge in [-0.15, -0.1) is 0 Å². The highest BCUT2D eigenvalue weighted by molar-refractivity contribution is 7.22. The molecule has 1 amide bonds. The highest BCUT2D eigenvalue weighted by atomic mass is 35.5. The molecule has 196 valence electrons. The predicted octanol–water partition coefficient (Wildman–Crippen LogP) is 6.09. The molecule has 0 aliphatic carbocycles. The monoisotopic (exact) mass is 557 g/mol. The van der Waals surface area contributed by atoms with E-state index in [1.54, 1.807) is 24.3 Å². The Bertz CT molecular complexity index is 1500. The SMILES string of the molecule is O=C(O)c1ccc(OC[C@@H]2C[C@H](F)CN2C(=O)Cc2ccc(Nc3nc4ccc(F)cc4s3)c(Cl)c2)cc1. The molecule has 0 radical (unpaired) electrons. The van der Waals surface area contributed by atoms with E-state index in [0.717, 1.165) is 0 Å². The maximum atomic E-state index is 14.2. The minimum Gasteiger partial charge on any atom is -0.491 e. The van der Waals surface area contributed by atoms with Crippen LogP contribution in [0.5, 0.6) is 5.75 Å². The molecule has 0 unspecified atom stereocenters. The lowest BCUT2D eigenvalue weighted by Crippen LogP contribution is -2.40. The summed E-state index contributed by atoms with van der Waals surface area (Å²) in [4.78, 5) is 30.0. The number of halogens is 3. The zero-order valence-corrected chi connectivity index (χ0v) is 21.4. The molecule has 1 aliphatic rings. The Balaban J connectivity index is 1.21. The lowest BCUT2D eigenvalue weighted by atomic mass is 10.1. The smallest absolute Gasteiger partial charge is 0.335 e. The number of hydrogen-bond acceptors (Lipinski definition) is 6. The molecule has 1 saturated heterocycles. The normalized spacial score (nSPS) is 17.1. The minimum atomic E-state index is -1.15. The maximum Gasteiger partial charge on any atom is 0.335 e. The van der Waals surface area contributed by atoms with Gasteiger partial charge >= 0.3 is 5.97 Å². The summed E-state index contributed by atoms with van der Waals surface area (Å²) in [6, 6.07) is 15.0. The number of benzene rings is 3. The number of carboxylic acids is 1. The summed E-state index contributed by atoms with van der Waals surface area (Å²) in [5, 5.41) is 13.1. The number of amides is 1. The van der Waals surface area contributed by atoms with Crippen LogP contribution in [0, 0.1) is 5.82 Å². The van der Waals surface area contributed by atoms with E-state index in [1.807, 2.05) is 0 Å². The summed E-state index contributed by atoms with van der Waals surface area (Å²) >= 11 is 7.76. The van der Waals surface area contributed by atoms with Gasteiger partial charge in [0.25, 0.3) is 0 Å². The largest absolute Gasteiger partial charge is 0.491 e. The number of alkyl halides is 1. The number of nitrogens with one attached hydrogen (secondary N) is 1. The topological polar surface area (TPSA) is 91.8 Å². The number of carbonyl (C=O) groups excluding carboxylic acids is 1. The van der Waals surface area contributed by atoms with Crippen molar-refractivity contribution < 1.29 is 28.2 Å². The molecule has 5 rings (SSSR count). The van der Waals surface area contributed by atoms with Gasteiger partial charge in [0.1, 0.15) is 24.3 Å². The van der Waals surface area contributed by atoms with Gasteiger partial charge in [0.05, 0.1) is 45.5 Å². The number of carboxylic acid groups (broad SMARTS) is 1. The number of aromatic nitrogens is 1. The van der Waals surface area contributed by atoms with Crippen molar-refractivity contribution in [2.75, 3.05) is 18.5 Å². The summed E-state index contributed by atoms with van der Waals surface area (Å²) in [5.74, 6) is -1.18. The van der Waals surface area contributed by atoms with Crippen LogP contribution in [0.15, 0.2) is 60.7 Å². The third-order valence-corrected chi connectivity index (χ3v) is 7.45. The Morgan fingerprint density at radius 2 is 1.95 bits per heavy atom. The summed E-state index contributed by atoms with van der Waals surface area (Å²) in [5.41, 5.74) is 2.06. The molecule has 2 heterocycles. The first-order chi connectivity index (χ1) is 18.2. The fourth-order valence-corrected chi connectivity index (χ4v) is 5.48. The number of ether oxygens (including phenoxy) is 1. The fraction of sp³-hybridized carbons (Fsp3) is 0.222. The highest BCUT2D eigenvalue weighted by Gasteiger charge is 2.35.